The van der Waals surface area contributed by atoms with E-state index in [-0.39, 0.29) is 0 Å². The Bertz CT molecular complexity index is 2490. The molecular formula is C42H29N. The zero-order valence-corrected chi connectivity index (χ0v) is 24.1. The molecule has 0 spiro atoms. The molecule has 0 N–H and O–H groups in total. The van der Waals surface area contributed by atoms with Crippen LogP contribution in [0, 0.1) is 6.92 Å². The van der Waals surface area contributed by atoms with Crippen molar-refractivity contribution in [3.63, 3.8) is 0 Å². The summed E-state index contributed by atoms with van der Waals surface area (Å²) in [7, 11) is 0. The molecule has 10 rings (SSSR count). The summed E-state index contributed by atoms with van der Waals surface area (Å²) in [6.07, 6.45) is 1.98. The highest BCUT2D eigenvalue weighted by atomic mass is 15.0. The average molecular weight is 548 g/mol. The van der Waals surface area contributed by atoms with Gasteiger partial charge in [-0.25, -0.2) is 0 Å². The summed E-state index contributed by atoms with van der Waals surface area (Å²) in [6, 6.07) is 45.6. The number of rotatable bonds is 2. The second kappa shape index (κ2) is 8.46. The Labute approximate surface area is 250 Å². The van der Waals surface area contributed by atoms with Crippen LogP contribution in [0.15, 0.2) is 121 Å². The Kier molecular flexibility index (Phi) is 4.61. The fourth-order valence-corrected chi connectivity index (χ4v) is 8.43. The molecule has 1 aromatic heterocycles. The van der Waals surface area contributed by atoms with E-state index >= 15 is 0 Å². The van der Waals surface area contributed by atoms with Crippen molar-refractivity contribution < 1.29 is 0 Å². The number of hydrogen-bond acceptors (Lipinski definition) is 0. The van der Waals surface area contributed by atoms with Gasteiger partial charge in [0.1, 0.15) is 0 Å². The monoisotopic (exact) mass is 547 g/mol. The van der Waals surface area contributed by atoms with Crippen molar-refractivity contribution in [2.45, 2.75) is 26.3 Å². The van der Waals surface area contributed by atoms with E-state index in [0.29, 0.717) is 0 Å². The van der Waals surface area contributed by atoms with Gasteiger partial charge in [0.25, 0.3) is 0 Å². The van der Waals surface area contributed by atoms with Gasteiger partial charge in [0, 0.05) is 29.1 Å². The fourth-order valence-electron chi connectivity index (χ4n) is 8.43. The summed E-state index contributed by atoms with van der Waals surface area (Å²) in [6.45, 7) is 3.11. The molecule has 2 aliphatic carbocycles. The molecule has 0 saturated heterocycles. The highest BCUT2D eigenvalue weighted by Gasteiger charge is 2.29. The molecule has 43 heavy (non-hydrogen) atoms. The van der Waals surface area contributed by atoms with E-state index < -0.39 is 0 Å². The van der Waals surface area contributed by atoms with E-state index in [1.807, 2.05) is 0 Å². The predicted molar refractivity (Wildman–Crippen MR) is 181 cm³/mol. The minimum Gasteiger partial charge on any atom is -0.335 e. The van der Waals surface area contributed by atoms with Gasteiger partial charge in [-0.05, 0) is 79.6 Å². The van der Waals surface area contributed by atoms with Crippen LogP contribution in [0.1, 0.15) is 33.4 Å². The molecule has 202 valence electrons. The molecule has 1 heteroatoms. The van der Waals surface area contributed by atoms with Crippen molar-refractivity contribution in [3.05, 3.63) is 155 Å². The van der Waals surface area contributed by atoms with Gasteiger partial charge in [0.05, 0.1) is 11.0 Å². The quantitative estimate of drug-likeness (QED) is 0.203. The first-order chi connectivity index (χ1) is 21.2. The highest BCUT2D eigenvalue weighted by molar-refractivity contribution is 6.29. The van der Waals surface area contributed by atoms with Crippen LogP contribution in [0.25, 0.3) is 65.6 Å². The molecule has 0 amide bonds. The molecule has 1 nitrogen and oxygen atoms in total. The Balaban J connectivity index is 1.36. The third-order valence-electron chi connectivity index (χ3n) is 10.1. The molecule has 2 aliphatic rings. The first kappa shape index (κ1) is 23.4. The fraction of sp³-hybridized carbons (Fsp3) is 0.0952. The normalized spacial score (nSPS) is 13.1. The van der Waals surface area contributed by atoms with Gasteiger partial charge in [0.15, 0.2) is 0 Å². The second-order valence-electron chi connectivity index (χ2n) is 12.5. The third kappa shape index (κ3) is 3.12. The molecule has 0 radical (unpaired) electrons. The predicted octanol–water partition coefficient (Wildman–Crippen LogP) is 10.6. The number of fused-ring (bicyclic) bond motifs is 15. The van der Waals surface area contributed by atoms with E-state index in [2.05, 4.69) is 133 Å². The molecule has 0 aliphatic heterocycles. The molecule has 0 unspecified atom stereocenters. The zero-order chi connectivity index (χ0) is 28.2. The Morgan fingerprint density at radius 1 is 0.535 bits per heavy atom. The van der Waals surface area contributed by atoms with Crippen molar-refractivity contribution in [2.75, 3.05) is 0 Å². The number of aromatic nitrogens is 1. The molecule has 1 heterocycles. The molecule has 0 saturated carbocycles. The van der Waals surface area contributed by atoms with Crippen LogP contribution >= 0.6 is 0 Å². The van der Waals surface area contributed by atoms with Crippen molar-refractivity contribution in [3.8, 4) is 22.3 Å². The first-order valence-electron chi connectivity index (χ1n) is 15.4. The lowest BCUT2D eigenvalue weighted by Crippen LogP contribution is -2.05. The first-order valence-corrected chi connectivity index (χ1v) is 15.4. The maximum Gasteiger partial charge on any atom is 0.0574 e. The maximum atomic E-state index is 2.70. The minimum atomic E-state index is 0.854. The van der Waals surface area contributed by atoms with E-state index in [0.717, 1.165) is 19.4 Å². The summed E-state index contributed by atoms with van der Waals surface area (Å²) in [4.78, 5) is 0. The van der Waals surface area contributed by atoms with Gasteiger partial charge in [-0.1, -0.05) is 127 Å². The standard InChI is InChI=1S/C42H29N/c1-25-20-29(36-22-27-11-3-5-13-30(27)37(36)21-25)24-43-41-32-15-7-2-10-26(32)18-19-35(41)40-34-17-9-8-16-33(34)39-31-14-6-4-12-28(31)23-38(39)42(40)43/h2-21H,22-24H2,1H3. The van der Waals surface area contributed by atoms with Crippen LogP contribution < -0.4 is 0 Å². The summed E-state index contributed by atoms with van der Waals surface area (Å²) >= 11 is 0. The summed E-state index contributed by atoms with van der Waals surface area (Å²) < 4.78 is 2.70. The summed E-state index contributed by atoms with van der Waals surface area (Å²) in [5, 5.41) is 8.11. The van der Waals surface area contributed by atoms with E-state index in [1.54, 1.807) is 0 Å². The number of aryl methyl sites for hydroxylation is 1. The summed E-state index contributed by atoms with van der Waals surface area (Å²) in [5.74, 6) is 0. The summed E-state index contributed by atoms with van der Waals surface area (Å²) in [5.41, 5.74) is 17.0. The van der Waals surface area contributed by atoms with Crippen molar-refractivity contribution in [1.29, 1.82) is 0 Å². The molecule has 8 aromatic rings. The second-order valence-corrected chi connectivity index (χ2v) is 12.5. The molecule has 0 atom stereocenters. The van der Waals surface area contributed by atoms with Crippen LogP contribution in [0.3, 0.4) is 0 Å². The minimum absolute atomic E-state index is 0.854. The number of hydrogen-bond donors (Lipinski definition) is 0. The van der Waals surface area contributed by atoms with Crippen LogP contribution in [0.5, 0.6) is 0 Å². The topological polar surface area (TPSA) is 4.93 Å². The van der Waals surface area contributed by atoms with Gasteiger partial charge in [-0.15, -0.1) is 0 Å². The Morgan fingerprint density at radius 2 is 1.21 bits per heavy atom. The lowest BCUT2D eigenvalue weighted by atomic mass is 9.93. The number of benzene rings is 7. The van der Waals surface area contributed by atoms with Crippen molar-refractivity contribution >= 4 is 43.4 Å². The highest BCUT2D eigenvalue weighted by Crippen LogP contribution is 2.50. The van der Waals surface area contributed by atoms with Gasteiger partial charge >= 0.3 is 0 Å². The van der Waals surface area contributed by atoms with E-state index in [1.165, 1.54) is 99.0 Å². The van der Waals surface area contributed by atoms with Crippen molar-refractivity contribution in [2.24, 2.45) is 0 Å². The van der Waals surface area contributed by atoms with Crippen LogP contribution in [0.2, 0.25) is 0 Å². The molecule has 0 fully saturated rings. The maximum absolute atomic E-state index is 2.70. The molecule has 0 bridgehead atoms. The van der Waals surface area contributed by atoms with E-state index in [9.17, 15) is 0 Å². The number of nitrogens with zero attached hydrogens (tertiary/aromatic N) is 1. The third-order valence-corrected chi connectivity index (χ3v) is 10.1. The lowest BCUT2D eigenvalue weighted by Gasteiger charge is -2.17. The SMILES string of the molecule is Cc1cc(Cn2c3c4c(c5ccccc5c3c3ccc5ccccc5c32)-c2ccccc2C4)c2c(c1)-c1ccccc1C2. The smallest absolute Gasteiger partial charge is 0.0574 e. The van der Waals surface area contributed by atoms with Gasteiger partial charge in [-0.2, -0.15) is 0 Å². The van der Waals surface area contributed by atoms with E-state index in [4.69, 9.17) is 0 Å². The lowest BCUT2D eigenvalue weighted by molar-refractivity contribution is 0.855. The zero-order valence-electron chi connectivity index (χ0n) is 24.1. The Morgan fingerprint density at radius 3 is 2.07 bits per heavy atom. The van der Waals surface area contributed by atoms with Crippen LogP contribution in [0.4, 0.5) is 0 Å². The largest absolute Gasteiger partial charge is 0.335 e. The molecule has 7 aromatic carbocycles. The van der Waals surface area contributed by atoms with Gasteiger partial charge in [0.2, 0.25) is 0 Å². The van der Waals surface area contributed by atoms with Crippen molar-refractivity contribution in [1.82, 2.24) is 4.57 Å². The van der Waals surface area contributed by atoms with Crippen LogP contribution in [-0.4, -0.2) is 4.57 Å². The van der Waals surface area contributed by atoms with Gasteiger partial charge < -0.3 is 4.57 Å². The van der Waals surface area contributed by atoms with Gasteiger partial charge in [-0.3, -0.25) is 0 Å². The average Bonchev–Trinajstić information content (AvgIpc) is 3.72. The Hall–Kier alpha value is -5.14. The van der Waals surface area contributed by atoms with Crippen LogP contribution in [-0.2, 0) is 19.4 Å². The molecular weight excluding hydrogens is 518 g/mol.